The minimum absolute atomic E-state index is 0.00946. The number of aliphatic carboxylic acids is 1. The largest absolute Gasteiger partial charge is 0.481 e. The zero-order valence-electron chi connectivity index (χ0n) is 12.1. The summed E-state index contributed by atoms with van der Waals surface area (Å²) in [4.78, 5) is 22.8. The molecule has 0 radical (unpaired) electrons. The third kappa shape index (κ3) is 2.69. The van der Waals surface area contributed by atoms with Gasteiger partial charge in [0.15, 0.2) is 0 Å². The summed E-state index contributed by atoms with van der Waals surface area (Å²) in [7, 11) is 0. The number of hydrogen-bond acceptors (Lipinski definition) is 2. The SMILES string of the molecule is CC1(C)C(NC(=O)NC(CC(=O)O)C2CC2)C1(C)C. The Morgan fingerprint density at radius 2 is 1.74 bits per heavy atom. The van der Waals surface area contributed by atoms with Crippen LogP contribution in [0.1, 0.15) is 47.0 Å². The molecule has 0 aliphatic heterocycles. The standard InChI is InChI=1S/C14H24N2O3/c1-13(2)11(14(13,3)4)16-12(19)15-9(7-10(17)18)8-5-6-8/h8-9,11H,5-7H2,1-4H3,(H,17,18)(H2,15,16,19). The Kier molecular flexibility index (Phi) is 3.27. The molecular weight excluding hydrogens is 244 g/mol. The van der Waals surface area contributed by atoms with Crippen molar-refractivity contribution in [3.05, 3.63) is 0 Å². The van der Waals surface area contributed by atoms with Gasteiger partial charge in [0.1, 0.15) is 0 Å². The van der Waals surface area contributed by atoms with Crippen molar-refractivity contribution < 1.29 is 14.7 Å². The van der Waals surface area contributed by atoms with Crippen LogP contribution in [0.15, 0.2) is 0 Å². The van der Waals surface area contributed by atoms with Crippen LogP contribution in [0.4, 0.5) is 4.79 Å². The summed E-state index contributed by atoms with van der Waals surface area (Å²) in [5, 5.41) is 14.7. The number of carboxylic acid groups (broad SMARTS) is 1. The van der Waals surface area contributed by atoms with Crippen molar-refractivity contribution in [3.8, 4) is 0 Å². The van der Waals surface area contributed by atoms with Gasteiger partial charge in [0, 0.05) is 12.1 Å². The summed E-state index contributed by atoms with van der Waals surface area (Å²) in [6.07, 6.45) is 2.03. The molecule has 0 heterocycles. The zero-order chi connectivity index (χ0) is 14.4. The smallest absolute Gasteiger partial charge is 0.315 e. The zero-order valence-corrected chi connectivity index (χ0v) is 12.1. The Morgan fingerprint density at radius 3 is 2.11 bits per heavy atom. The fourth-order valence-electron chi connectivity index (χ4n) is 2.92. The normalized spacial score (nSPS) is 25.5. The second kappa shape index (κ2) is 4.39. The lowest BCUT2D eigenvalue weighted by molar-refractivity contribution is -0.137. The van der Waals surface area contributed by atoms with Crippen molar-refractivity contribution in [1.82, 2.24) is 10.6 Å². The average Bonchev–Trinajstić information content (AvgIpc) is 3.12. The highest BCUT2D eigenvalue weighted by Crippen LogP contribution is 2.62. The van der Waals surface area contributed by atoms with Crippen molar-refractivity contribution >= 4 is 12.0 Å². The highest BCUT2D eigenvalue weighted by Gasteiger charge is 2.65. The van der Waals surface area contributed by atoms with Crippen LogP contribution in [0.5, 0.6) is 0 Å². The van der Waals surface area contributed by atoms with E-state index in [0.717, 1.165) is 12.8 Å². The summed E-state index contributed by atoms with van der Waals surface area (Å²) in [6, 6.07) is -0.325. The van der Waals surface area contributed by atoms with Crippen molar-refractivity contribution in [2.75, 3.05) is 0 Å². The number of amides is 2. The van der Waals surface area contributed by atoms with E-state index in [1.54, 1.807) is 0 Å². The number of carboxylic acids is 1. The molecule has 0 aromatic rings. The van der Waals surface area contributed by atoms with Gasteiger partial charge in [0.05, 0.1) is 6.42 Å². The molecule has 0 saturated heterocycles. The topological polar surface area (TPSA) is 78.4 Å². The number of carbonyl (C=O) groups is 2. The highest BCUT2D eigenvalue weighted by atomic mass is 16.4. The first-order valence-corrected chi connectivity index (χ1v) is 6.95. The number of urea groups is 1. The molecule has 2 aliphatic rings. The van der Waals surface area contributed by atoms with Crippen LogP contribution in [0.25, 0.3) is 0 Å². The molecule has 2 fully saturated rings. The molecule has 1 unspecified atom stereocenters. The van der Waals surface area contributed by atoms with Crippen molar-refractivity contribution in [2.45, 2.75) is 59.0 Å². The first kappa shape index (κ1) is 14.2. The first-order chi connectivity index (χ1) is 8.66. The van der Waals surface area contributed by atoms with Gasteiger partial charge in [-0.2, -0.15) is 0 Å². The first-order valence-electron chi connectivity index (χ1n) is 6.95. The molecule has 2 aliphatic carbocycles. The molecule has 3 N–H and O–H groups in total. The molecule has 0 spiro atoms. The Balaban J connectivity index is 1.85. The van der Waals surface area contributed by atoms with Crippen molar-refractivity contribution in [3.63, 3.8) is 0 Å². The second-order valence-corrected chi connectivity index (χ2v) is 7.04. The average molecular weight is 268 g/mol. The van der Waals surface area contributed by atoms with E-state index < -0.39 is 5.97 Å². The molecule has 2 rings (SSSR count). The Bertz CT molecular complexity index is 385. The van der Waals surface area contributed by atoms with E-state index in [0.29, 0.717) is 5.92 Å². The van der Waals surface area contributed by atoms with Crippen LogP contribution in [-0.2, 0) is 4.79 Å². The van der Waals surface area contributed by atoms with Gasteiger partial charge in [0.2, 0.25) is 0 Å². The molecule has 0 aromatic carbocycles. The third-order valence-corrected chi connectivity index (χ3v) is 5.20. The lowest BCUT2D eigenvalue weighted by atomic mass is 10.0. The fourth-order valence-corrected chi connectivity index (χ4v) is 2.92. The van der Waals surface area contributed by atoms with E-state index in [9.17, 15) is 9.59 Å². The summed E-state index contributed by atoms with van der Waals surface area (Å²) in [5.41, 5.74) is 0.179. The predicted octanol–water partition coefficient (Wildman–Crippen LogP) is 1.97. The lowest BCUT2D eigenvalue weighted by Crippen LogP contribution is -2.46. The van der Waals surface area contributed by atoms with E-state index in [4.69, 9.17) is 5.11 Å². The van der Waals surface area contributed by atoms with Gasteiger partial charge in [-0.05, 0) is 29.6 Å². The molecule has 0 aromatic heterocycles. The number of carbonyl (C=O) groups excluding carboxylic acids is 1. The van der Waals surface area contributed by atoms with Gasteiger partial charge in [-0.25, -0.2) is 4.79 Å². The van der Waals surface area contributed by atoms with E-state index in [2.05, 4.69) is 38.3 Å². The highest BCUT2D eigenvalue weighted by molar-refractivity contribution is 5.77. The maximum atomic E-state index is 12.0. The van der Waals surface area contributed by atoms with Crippen LogP contribution < -0.4 is 10.6 Å². The van der Waals surface area contributed by atoms with Gasteiger partial charge in [-0.3, -0.25) is 4.79 Å². The molecule has 5 heteroatoms. The molecule has 2 saturated carbocycles. The number of nitrogens with one attached hydrogen (secondary N) is 2. The Hall–Kier alpha value is -1.26. The van der Waals surface area contributed by atoms with E-state index in [1.165, 1.54) is 0 Å². The van der Waals surface area contributed by atoms with Crippen LogP contribution >= 0.6 is 0 Å². The summed E-state index contributed by atoms with van der Waals surface area (Å²) >= 11 is 0. The van der Waals surface area contributed by atoms with Gasteiger partial charge in [-0.15, -0.1) is 0 Å². The minimum atomic E-state index is -0.857. The van der Waals surface area contributed by atoms with Gasteiger partial charge in [-0.1, -0.05) is 27.7 Å². The minimum Gasteiger partial charge on any atom is -0.481 e. The van der Waals surface area contributed by atoms with Crippen LogP contribution in [0.3, 0.4) is 0 Å². The Labute approximate surface area is 114 Å². The van der Waals surface area contributed by atoms with Gasteiger partial charge >= 0.3 is 12.0 Å². The van der Waals surface area contributed by atoms with Crippen LogP contribution in [0, 0.1) is 16.7 Å². The fraction of sp³-hybridized carbons (Fsp3) is 0.857. The summed E-state index contributed by atoms with van der Waals surface area (Å²) < 4.78 is 0. The summed E-state index contributed by atoms with van der Waals surface area (Å²) in [6.45, 7) is 8.53. The quantitative estimate of drug-likeness (QED) is 0.713. The molecule has 1 atom stereocenters. The predicted molar refractivity (Wildman–Crippen MR) is 71.8 cm³/mol. The van der Waals surface area contributed by atoms with Crippen molar-refractivity contribution in [1.29, 1.82) is 0 Å². The van der Waals surface area contributed by atoms with Gasteiger partial charge in [0.25, 0.3) is 0 Å². The third-order valence-electron chi connectivity index (χ3n) is 5.20. The van der Waals surface area contributed by atoms with E-state index in [-0.39, 0.29) is 35.4 Å². The number of hydrogen-bond donors (Lipinski definition) is 3. The van der Waals surface area contributed by atoms with Gasteiger partial charge < -0.3 is 15.7 Å². The molecule has 0 bridgehead atoms. The molecule has 5 nitrogen and oxygen atoms in total. The van der Waals surface area contributed by atoms with Crippen molar-refractivity contribution in [2.24, 2.45) is 16.7 Å². The number of rotatable bonds is 5. The Morgan fingerprint density at radius 1 is 1.21 bits per heavy atom. The van der Waals surface area contributed by atoms with E-state index >= 15 is 0 Å². The maximum absolute atomic E-state index is 12.0. The van der Waals surface area contributed by atoms with E-state index in [1.807, 2.05) is 0 Å². The van der Waals surface area contributed by atoms with Crippen LogP contribution in [0.2, 0.25) is 0 Å². The molecule has 19 heavy (non-hydrogen) atoms. The molecule has 108 valence electrons. The lowest BCUT2D eigenvalue weighted by Gasteiger charge is -2.17. The second-order valence-electron chi connectivity index (χ2n) is 7.04. The summed E-state index contributed by atoms with van der Waals surface area (Å²) in [5.74, 6) is -0.522. The van der Waals surface area contributed by atoms with Crippen LogP contribution in [-0.4, -0.2) is 29.2 Å². The molecular formula is C14H24N2O3. The monoisotopic (exact) mass is 268 g/mol. The molecule has 2 amide bonds. The maximum Gasteiger partial charge on any atom is 0.315 e.